The van der Waals surface area contributed by atoms with Gasteiger partial charge in [-0.25, -0.2) is 9.69 Å². The predicted octanol–water partition coefficient (Wildman–Crippen LogP) is 4.70. The molecule has 0 saturated carbocycles. The van der Waals surface area contributed by atoms with E-state index in [1.54, 1.807) is 35.2 Å². The maximum Gasteiger partial charge on any atom is 0.331 e. The zero-order valence-corrected chi connectivity index (χ0v) is 14.9. The Kier molecular flexibility index (Phi) is 5.30. The average molecular weight is 387 g/mol. The normalized spacial score (nSPS) is 14.3. The van der Waals surface area contributed by atoms with E-state index in [0.29, 0.717) is 24.3 Å². The molecule has 1 aliphatic heterocycles. The van der Waals surface area contributed by atoms with Gasteiger partial charge in [0.15, 0.2) is 0 Å². The SMILES string of the molecule is O=C(c1cccc(Br)c1)N(C(=O)N1CCCCC1)c1ccccc1. The Balaban J connectivity index is 1.95. The van der Waals surface area contributed by atoms with Crippen LogP contribution >= 0.6 is 15.9 Å². The Morgan fingerprint density at radius 2 is 1.62 bits per heavy atom. The fourth-order valence-corrected chi connectivity index (χ4v) is 3.27. The predicted molar refractivity (Wildman–Crippen MR) is 98.2 cm³/mol. The molecule has 1 fully saturated rings. The summed E-state index contributed by atoms with van der Waals surface area (Å²) in [6, 6.07) is 16.0. The maximum atomic E-state index is 13.0. The van der Waals surface area contributed by atoms with Gasteiger partial charge in [-0.3, -0.25) is 4.79 Å². The first-order valence-corrected chi connectivity index (χ1v) is 8.90. The minimum absolute atomic E-state index is 0.245. The second-order valence-electron chi connectivity index (χ2n) is 5.82. The van der Waals surface area contributed by atoms with E-state index in [-0.39, 0.29) is 11.9 Å². The summed E-state index contributed by atoms with van der Waals surface area (Å²) in [5.74, 6) is -0.307. The fraction of sp³-hybridized carbons (Fsp3) is 0.263. The first-order chi connectivity index (χ1) is 11.7. The lowest BCUT2D eigenvalue weighted by Crippen LogP contribution is -2.48. The lowest BCUT2D eigenvalue weighted by atomic mass is 10.1. The number of amides is 3. The topological polar surface area (TPSA) is 40.6 Å². The minimum atomic E-state index is -0.307. The van der Waals surface area contributed by atoms with E-state index in [2.05, 4.69) is 15.9 Å². The lowest BCUT2D eigenvalue weighted by Gasteiger charge is -2.32. The van der Waals surface area contributed by atoms with Crippen LogP contribution in [0, 0.1) is 0 Å². The number of benzene rings is 2. The van der Waals surface area contributed by atoms with Crippen molar-refractivity contribution in [1.29, 1.82) is 0 Å². The van der Waals surface area contributed by atoms with Gasteiger partial charge >= 0.3 is 6.03 Å². The fourth-order valence-electron chi connectivity index (χ4n) is 2.87. The quantitative estimate of drug-likeness (QED) is 0.750. The number of imide groups is 1. The average Bonchev–Trinajstić information content (AvgIpc) is 2.63. The number of piperidine rings is 1. The molecule has 1 heterocycles. The highest BCUT2D eigenvalue weighted by molar-refractivity contribution is 9.10. The minimum Gasteiger partial charge on any atom is -0.324 e. The van der Waals surface area contributed by atoms with E-state index in [1.807, 2.05) is 24.3 Å². The van der Waals surface area contributed by atoms with Gasteiger partial charge in [-0.2, -0.15) is 0 Å². The summed E-state index contributed by atoms with van der Waals surface area (Å²) in [6.07, 6.45) is 3.10. The molecular formula is C19H19BrN2O2. The summed E-state index contributed by atoms with van der Waals surface area (Å²) in [7, 11) is 0. The summed E-state index contributed by atoms with van der Waals surface area (Å²) >= 11 is 3.38. The van der Waals surface area contributed by atoms with Gasteiger partial charge in [0.2, 0.25) is 0 Å². The Morgan fingerprint density at radius 3 is 2.29 bits per heavy atom. The Morgan fingerprint density at radius 1 is 0.917 bits per heavy atom. The van der Waals surface area contributed by atoms with Crippen molar-refractivity contribution in [1.82, 2.24) is 4.90 Å². The van der Waals surface area contributed by atoms with Crippen LogP contribution in [0.2, 0.25) is 0 Å². The molecule has 1 saturated heterocycles. The van der Waals surface area contributed by atoms with Crippen LogP contribution in [0.5, 0.6) is 0 Å². The molecule has 2 aromatic carbocycles. The molecule has 0 aromatic heterocycles. The van der Waals surface area contributed by atoms with Crippen LogP contribution in [0.25, 0.3) is 0 Å². The third-order valence-electron chi connectivity index (χ3n) is 4.11. The van der Waals surface area contributed by atoms with Crippen molar-refractivity contribution in [2.24, 2.45) is 0 Å². The number of hydrogen-bond donors (Lipinski definition) is 0. The second kappa shape index (κ2) is 7.62. The molecule has 0 bridgehead atoms. The van der Waals surface area contributed by atoms with Crippen LogP contribution in [0.1, 0.15) is 29.6 Å². The zero-order chi connectivity index (χ0) is 16.9. The summed E-state index contributed by atoms with van der Waals surface area (Å²) < 4.78 is 0.812. The van der Waals surface area contributed by atoms with Crippen molar-refractivity contribution in [2.75, 3.05) is 18.0 Å². The molecule has 3 amide bonds. The standard InChI is InChI=1S/C19H19BrN2O2/c20-16-9-7-8-15(14-16)18(23)22(17-10-3-1-4-11-17)19(24)21-12-5-2-6-13-21/h1,3-4,7-11,14H,2,5-6,12-13H2. The molecule has 5 heteroatoms. The number of rotatable bonds is 2. The van der Waals surface area contributed by atoms with Gasteiger partial charge in [0.25, 0.3) is 5.91 Å². The van der Waals surface area contributed by atoms with Gasteiger partial charge in [0.1, 0.15) is 0 Å². The first kappa shape index (κ1) is 16.7. The Labute approximate surface area is 150 Å². The number of nitrogens with zero attached hydrogens (tertiary/aromatic N) is 2. The van der Waals surface area contributed by atoms with Gasteiger partial charge < -0.3 is 4.90 Å². The van der Waals surface area contributed by atoms with E-state index >= 15 is 0 Å². The Bertz CT molecular complexity index is 727. The van der Waals surface area contributed by atoms with Crippen LogP contribution in [0.3, 0.4) is 0 Å². The van der Waals surface area contributed by atoms with E-state index in [9.17, 15) is 9.59 Å². The summed E-state index contributed by atoms with van der Waals surface area (Å²) in [6.45, 7) is 1.40. The molecular weight excluding hydrogens is 368 g/mol. The number of halogens is 1. The van der Waals surface area contributed by atoms with Crippen LogP contribution < -0.4 is 4.90 Å². The van der Waals surface area contributed by atoms with Gasteiger partial charge in [-0.05, 0) is 49.6 Å². The highest BCUT2D eigenvalue weighted by Crippen LogP contribution is 2.22. The molecule has 2 aromatic rings. The third kappa shape index (κ3) is 3.67. The van der Waals surface area contributed by atoms with E-state index in [1.165, 1.54) is 4.90 Å². The molecule has 24 heavy (non-hydrogen) atoms. The second-order valence-corrected chi connectivity index (χ2v) is 6.73. The van der Waals surface area contributed by atoms with Crippen LogP contribution in [0.15, 0.2) is 59.1 Å². The molecule has 4 nitrogen and oxygen atoms in total. The van der Waals surface area contributed by atoms with Crippen molar-refractivity contribution in [3.8, 4) is 0 Å². The van der Waals surface area contributed by atoms with Crippen molar-refractivity contribution in [2.45, 2.75) is 19.3 Å². The lowest BCUT2D eigenvalue weighted by molar-refractivity contribution is 0.0983. The molecule has 0 atom stereocenters. The zero-order valence-electron chi connectivity index (χ0n) is 13.3. The van der Waals surface area contributed by atoms with Gasteiger partial charge in [-0.1, -0.05) is 40.2 Å². The summed E-state index contributed by atoms with van der Waals surface area (Å²) in [4.78, 5) is 29.1. The number of carbonyl (C=O) groups excluding carboxylic acids is 2. The van der Waals surface area contributed by atoms with Crippen LogP contribution in [-0.4, -0.2) is 29.9 Å². The first-order valence-electron chi connectivity index (χ1n) is 8.11. The smallest absolute Gasteiger partial charge is 0.324 e. The van der Waals surface area contributed by atoms with Gasteiger partial charge in [0, 0.05) is 23.1 Å². The van der Waals surface area contributed by atoms with Crippen molar-refractivity contribution in [3.05, 3.63) is 64.6 Å². The van der Waals surface area contributed by atoms with Crippen molar-refractivity contribution < 1.29 is 9.59 Å². The Hall–Kier alpha value is -2.14. The van der Waals surface area contributed by atoms with Gasteiger partial charge in [0.05, 0.1) is 5.69 Å². The molecule has 0 N–H and O–H groups in total. The highest BCUT2D eigenvalue weighted by Gasteiger charge is 2.29. The molecule has 124 valence electrons. The van der Waals surface area contributed by atoms with Crippen molar-refractivity contribution in [3.63, 3.8) is 0 Å². The van der Waals surface area contributed by atoms with E-state index < -0.39 is 0 Å². The van der Waals surface area contributed by atoms with Crippen LogP contribution in [0.4, 0.5) is 10.5 Å². The number of anilines is 1. The van der Waals surface area contributed by atoms with Crippen LogP contribution in [-0.2, 0) is 0 Å². The van der Waals surface area contributed by atoms with Gasteiger partial charge in [-0.15, -0.1) is 0 Å². The third-order valence-corrected chi connectivity index (χ3v) is 4.60. The molecule has 0 aliphatic carbocycles. The van der Waals surface area contributed by atoms with Crippen molar-refractivity contribution >= 4 is 33.6 Å². The molecule has 0 radical (unpaired) electrons. The molecule has 1 aliphatic rings. The highest BCUT2D eigenvalue weighted by atomic mass is 79.9. The number of para-hydroxylation sites is 1. The maximum absolute atomic E-state index is 13.0. The monoisotopic (exact) mass is 386 g/mol. The molecule has 3 rings (SSSR count). The molecule has 0 unspecified atom stereocenters. The molecule has 0 spiro atoms. The number of carbonyl (C=O) groups is 2. The number of hydrogen-bond acceptors (Lipinski definition) is 2. The summed E-state index contributed by atoms with van der Waals surface area (Å²) in [5.41, 5.74) is 1.08. The van der Waals surface area contributed by atoms with E-state index in [0.717, 1.165) is 23.7 Å². The number of urea groups is 1. The van der Waals surface area contributed by atoms with E-state index in [4.69, 9.17) is 0 Å². The number of likely N-dealkylation sites (tertiary alicyclic amines) is 1. The largest absolute Gasteiger partial charge is 0.331 e. The summed E-state index contributed by atoms with van der Waals surface area (Å²) in [5, 5.41) is 0.